The van der Waals surface area contributed by atoms with E-state index in [1.807, 2.05) is 0 Å². The smallest absolute Gasteiger partial charge is 0.0939 e. The van der Waals surface area contributed by atoms with Gasteiger partial charge in [0.25, 0.3) is 0 Å². The van der Waals surface area contributed by atoms with Crippen LogP contribution in [-0.4, -0.2) is 36.7 Å². The van der Waals surface area contributed by atoms with Gasteiger partial charge >= 0.3 is 0 Å². The predicted octanol–water partition coefficient (Wildman–Crippen LogP) is 4.79. The number of hydrogen-bond donors (Lipinski definition) is 0. The van der Waals surface area contributed by atoms with Crippen molar-refractivity contribution in [2.45, 2.75) is 23.5 Å². The second-order valence-corrected chi connectivity index (χ2v) is 13.7. The van der Waals surface area contributed by atoms with Gasteiger partial charge in [-0.05, 0) is 37.1 Å². The molecule has 0 radical (unpaired) electrons. The molecule has 2 saturated heterocycles. The van der Waals surface area contributed by atoms with Gasteiger partial charge in [-0.1, -0.05) is 121 Å². The molecule has 2 nitrogen and oxygen atoms in total. The van der Waals surface area contributed by atoms with E-state index in [1.54, 1.807) is 0 Å². The quantitative estimate of drug-likeness (QED) is 0.368. The number of ether oxygens (including phenoxy) is 2. The Balaban J connectivity index is 1.35. The molecule has 0 amide bonds. The Labute approximate surface area is 204 Å². The molecule has 4 aromatic carbocycles. The van der Waals surface area contributed by atoms with E-state index < -0.39 is 15.8 Å². The summed E-state index contributed by atoms with van der Waals surface area (Å²) in [6.45, 7) is 1.52. The van der Waals surface area contributed by atoms with Crippen molar-refractivity contribution in [1.29, 1.82) is 0 Å². The van der Waals surface area contributed by atoms with Crippen molar-refractivity contribution in [3.05, 3.63) is 121 Å². The minimum absolute atomic E-state index is 0.133. The van der Waals surface area contributed by atoms with E-state index in [0.717, 1.165) is 13.2 Å². The fourth-order valence-electron chi connectivity index (χ4n) is 5.32. The molecule has 0 aromatic heterocycles. The summed E-state index contributed by atoms with van der Waals surface area (Å²) in [7, 11) is -1.15. The van der Waals surface area contributed by atoms with E-state index in [-0.39, 0.29) is 12.2 Å². The highest BCUT2D eigenvalue weighted by atomic mass is 31.1. The highest BCUT2D eigenvalue weighted by Gasteiger charge is 2.52. The first-order valence-electron chi connectivity index (χ1n) is 11.9. The van der Waals surface area contributed by atoms with Gasteiger partial charge in [-0.2, -0.15) is 0 Å². The molecule has 2 heterocycles. The lowest BCUT2D eigenvalue weighted by Crippen LogP contribution is -2.35. The molecular weight excluding hydrogens is 454 g/mol. The van der Waals surface area contributed by atoms with Gasteiger partial charge in [0, 0.05) is 11.3 Å². The lowest BCUT2D eigenvalue weighted by atomic mass is 10.2. The van der Waals surface area contributed by atoms with Crippen molar-refractivity contribution in [3.8, 4) is 0 Å². The summed E-state index contributed by atoms with van der Waals surface area (Å²) in [6, 6.07) is 43.9. The number of rotatable bonds is 6. The molecule has 4 heteroatoms. The van der Waals surface area contributed by atoms with Crippen molar-refractivity contribution in [3.63, 3.8) is 0 Å². The average molecular weight is 483 g/mol. The normalized spacial score (nSPS) is 23.9. The molecule has 2 fully saturated rings. The standard InChI is InChI=1S/C30H28O2P2/c1-5-13-23(14-6-1)33(24-15-7-2-8-16-24)27-21-31-30-28(22-32-29(27)30)34(25-17-9-3-10-18-25)26-19-11-4-12-20-26/h1-20,27-30H,21-22H2. The number of fused-ring (bicyclic) bond motifs is 1. The summed E-state index contributed by atoms with van der Waals surface area (Å²) in [4.78, 5) is 0. The van der Waals surface area contributed by atoms with Crippen LogP contribution < -0.4 is 21.2 Å². The second-order valence-electron chi connectivity index (χ2n) is 8.81. The average Bonchev–Trinajstić information content (AvgIpc) is 3.51. The zero-order valence-electron chi connectivity index (χ0n) is 19.0. The maximum Gasteiger partial charge on any atom is 0.0939 e. The lowest BCUT2D eigenvalue weighted by molar-refractivity contribution is 0.0742. The summed E-state index contributed by atoms with van der Waals surface area (Å²) in [5.74, 6) is 0. The fraction of sp³-hybridized carbons (Fsp3) is 0.200. The molecule has 0 spiro atoms. The Morgan fingerprint density at radius 3 is 0.941 bits per heavy atom. The topological polar surface area (TPSA) is 18.5 Å². The third kappa shape index (κ3) is 4.26. The lowest BCUT2D eigenvalue weighted by Gasteiger charge is -2.28. The minimum Gasteiger partial charge on any atom is -0.374 e. The first-order chi connectivity index (χ1) is 16.9. The molecule has 4 atom stereocenters. The molecule has 4 aromatic rings. The van der Waals surface area contributed by atoms with E-state index in [9.17, 15) is 0 Å². The van der Waals surface area contributed by atoms with Gasteiger partial charge in [0.2, 0.25) is 0 Å². The Hall–Kier alpha value is -2.34. The molecule has 4 unspecified atom stereocenters. The summed E-state index contributed by atoms with van der Waals surface area (Å²) in [5, 5.41) is 5.61. The highest BCUT2D eigenvalue weighted by Crippen LogP contribution is 2.53. The van der Waals surface area contributed by atoms with Crippen LogP contribution in [0.15, 0.2) is 121 Å². The van der Waals surface area contributed by atoms with E-state index in [0.29, 0.717) is 11.3 Å². The Morgan fingerprint density at radius 1 is 0.412 bits per heavy atom. The summed E-state index contributed by atoms with van der Waals surface area (Å²) >= 11 is 0. The molecular formula is C30H28O2P2. The van der Waals surface area contributed by atoms with Crippen LogP contribution in [0.4, 0.5) is 0 Å². The van der Waals surface area contributed by atoms with Crippen molar-refractivity contribution in [1.82, 2.24) is 0 Å². The molecule has 34 heavy (non-hydrogen) atoms. The summed E-state index contributed by atoms with van der Waals surface area (Å²) in [5.41, 5.74) is 0.719. The summed E-state index contributed by atoms with van der Waals surface area (Å²) in [6.07, 6.45) is 0.267. The van der Waals surface area contributed by atoms with Gasteiger partial charge < -0.3 is 9.47 Å². The van der Waals surface area contributed by atoms with Gasteiger partial charge in [-0.3, -0.25) is 0 Å². The second kappa shape index (κ2) is 10.1. The molecule has 0 bridgehead atoms. The van der Waals surface area contributed by atoms with Crippen molar-refractivity contribution in [2.75, 3.05) is 13.2 Å². The van der Waals surface area contributed by atoms with Crippen molar-refractivity contribution < 1.29 is 9.47 Å². The Bertz CT molecular complexity index is 1010. The van der Waals surface area contributed by atoms with Crippen molar-refractivity contribution >= 4 is 37.1 Å². The molecule has 0 aliphatic carbocycles. The van der Waals surface area contributed by atoms with E-state index >= 15 is 0 Å². The third-order valence-corrected chi connectivity index (χ3v) is 12.4. The van der Waals surface area contributed by atoms with E-state index in [1.165, 1.54) is 21.2 Å². The highest BCUT2D eigenvalue weighted by molar-refractivity contribution is 7.74. The van der Waals surface area contributed by atoms with Crippen LogP contribution in [0.3, 0.4) is 0 Å². The minimum atomic E-state index is -0.573. The van der Waals surface area contributed by atoms with Gasteiger partial charge in [0.05, 0.1) is 25.4 Å². The van der Waals surface area contributed by atoms with Crippen LogP contribution in [0.2, 0.25) is 0 Å². The van der Waals surface area contributed by atoms with Crippen LogP contribution in [0, 0.1) is 0 Å². The largest absolute Gasteiger partial charge is 0.374 e. The maximum absolute atomic E-state index is 6.66. The van der Waals surface area contributed by atoms with Crippen LogP contribution in [0.1, 0.15) is 0 Å². The molecule has 170 valence electrons. The molecule has 2 aliphatic rings. The van der Waals surface area contributed by atoms with Gasteiger partial charge in [0.15, 0.2) is 0 Å². The van der Waals surface area contributed by atoms with Gasteiger partial charge in [-0.25, -0.2) is 0 Å². The number of benzene rings is 4. The van der Waals surface area contributed by atoms with Gasteiger partial charge in [0.1, 0.15) is 0 Å². The summed E-state index contributed by atoms with van der Waals surface area (Å²) < 4.78 is 13.3. The fourth-order valence-corrected chi connectivity index (χ4v) is 11.0. The van der Waals surface area contributed by atoms with Crippen LogP contribution in [-0.2, 0) is 9.47 Å². The van der Waals surface area contributed by atoms with E-state index in [4.69, 9.17) is 9.47 Å². The Morgan fingerprint density at radius 2 is 0.676 bits per heavy atom. The third-order valence-electron chi connectivity index (χ3n) is 6.80. The molecule has 0 N–H and O–H groups in total. The zero-order valence-corrected chi connectivity index (χ0v) is 20.8. The zero-order chi connectivity index (χ0) is 22.7. The molecule has 0 saturated carbocycles. The SMILES string of the molecule is c1ccc(P(c2ccccc2)C2COC3C2OCC3P(c2ccccc2)c2ccccc2)cc1. The van der Waals surface area contributed by atoms with Crippen LogP contribution in [0.25, 0.3) is 0 Å². The first-order valence-corrected chi connectivity index (χ1v) is 14.7. The number of hydrogen-bond acceptors (Lipinski definition) is 2. The first kappa shape index (κ1) is 22.1. The van der Waals surface area contributed by atoms with Crippen LogP contribution in [0.5, 0.6) is 0 Å². The molecule has 2 aliphatic heterocycles. The van der Waals surface area contributed by atoms with Crippen LogP contribution >= 0.6 is 15.8 Å². The van der Waals surface area contributed by atoms with Gasteiger partial charge in [-0.15, -0.1) is 0 Å². The molecule has 6 rings (SSSR count). The maximum atomic E-state index is 6.66. The Kier molecular flexibility index (Phi) is 6.58. The predicted molar refractivity (Wildman–Crippen MR) is 145 cm³/mol. The van der Waals surface area contributed by atoms with Crippen molar-refractivity contribution in [2.24, 2.45) is 0 Å². The monoisotopic (exact) mass is 482 g/mol. The van der Waals surface area contributed by atoms with E-state index in [2.05, 4.69) is 121 Å².